The Morgan fingerprint density at radius 1 is 0.596 bits per heavy atom. The van der Waals surface area contributed by atoms with Crippen LogP contribution in [0.15, 0.2) is 121 Å². The van der Waals surface area contributed by atoms with Crippen molar-refractivity contribution in [3.63, 3.8) is 0 Å². The van der Waals surface area contributed by atoms with Gasteiger partial charge in [-0.05, 0) is 48.4 Å². The zero-order valence-electron chi connectivity index (χ0n) is 31.9. The summed E-state index contributed by atoms with van der Waals surface area (Å²) < 4.78 is 0. The molecule has 1 fully saturated rings. The van der Waals surface area contributed by atoms with Gasteiger partial charge in [0.25, 0.3) is 0 Å². The average Bonchev–Trinajstić information content (AvgIpc) is 3.71. The van der Waals surface area contributed by atoms with E-state index in [0.717, 1.165) is 22.3 Å². The van der Waals surface area contributed by atoms with Gasteiger partial charge in [0.15, 0.2) is 0 Å². The van der Waals surface area contributed by atoms with Crippen LogP contribution >= 0.6 is 0 Å². The number of benzene rings is 4. The fourth-order valence-corrected chi connectivity index (χ4v) is 6.88. The van der Waals surface area contributed by atoms with Gasteiger partial charge in [0.2, 0.25) is 29.5 Å². The summed E-state index contributed by atoms with van der Waals surface area (Å²) in [5.74, 6) is -4.11. The summed E-state index contributed by atoms with van der Waals surface area (Å²) in [4.78, 5) is 82.0. The first kappa shape index (κ1) is 41.8. The van der Waals surface area contributed by atoms with Gasteiger partial charge in [0.1, 0.15) is 30.2 Å². The molecule has 13 nitrogen and oxygen atoms in total. The van der Waals surface area contributed by atoms with Gasteiger partial charge >= 0.3 is 5.97 Å². The highest BCUT2D eigenvalue weighted by Gasteiger charge is 2.38. The van der Waals surface area contributed by atoms with Crippen molar-refractivity contribution >= 4 is 35.5 Å². The van der Waals surface area contributed by atoms with Gasteiger partial charge in [-0.25, -0.2) is 4.79 Å². The Morgan fingerprint density at radius 2 is 1.00 bits per heavy atom. The number of hydrogen-bond donors (Lipinski definition) is 6. The van der Waals surface area contributed by atoms with Crippen molar-refractivity contribution in [3.05, 3.63) is 144 Å². The second-order valence-corrected chi connectivity index (χ2v) is 14.3. The Hall–Kier alpha value is -6.34. The van der Waals surface area contributed by atoms with Crippen molar-refractivity contribution in [1.82, 2.24) is 26.2 Å². The van der Waals surface area contributed by atoms with Crippen molar-refractivity contribution in [2.75, 3.05) is 6.54 Å². The minimum Gasteiger partial charge on any atom is -0.480 e. The maximum absolute atomic E-state index is 14.1. The van der Waals surface area contributed by atoms with E-state index in [4.69, 9.17) is 5.73 Å². The summed E-state index contributed by atoms with van der Waals surface area (Å²) in [5, 5.41) is 20.8. The van der Waals surface area contributed by atoms with E-state index < -0.39 is 71.8 Å². The molecule has 0 bridgehead atoms. The van der Waals surface area contributed by atoms with Crippen molar-refractivity contribution in [2.45, 2.75) is 81.7 Å². The van der Waals surface area contributed by atoms with Crippen LogP contribution in [0.1, 0.15) is 42.0 Å². The number of nitrogens with two attached hydrogens (primary N) is 1. The fourth-order valence-electron chi connectivity index (χ4n) is 6.88. The smallest absolute Gasteiger partial charge is 0.326 e. The molecule has 0 aromatic heterocycles. The van der Waals surface area contributed by atoms with Gasteiger partial charge in [0.05, 0.1) is 6.04 Å². The topological polar surface area (TPSA) is 200 Å². The average molecular weight is 775 g/mol. The molecule has 0 unspecified atom stereocenters. The van der Waals surface area contributed by atoms with E-state index in [1.54, 1.807) is 36.4 Å². The molecule has 7 N–H and O–H groups in total. The fraction of sp³-hybridized carbons (Fsp3) is 0.318. The van der Waals surface area contributed by atoms with E-state index in [1.807, 2.05) is 84.9 Å². The molecule has 0 saturated carbocycles. The molecule has 1 heterocycles. The normalized spacial score (nSPS) is 16.2. The van der Waals surface area contributed by atoms with Crippen LogP contribution in [0.25, 0.3) is 0 Å². The zero-order valence-corrected chi connectivity index (χ0v) is 31.9. The Labute approximate surface area is 332 Å². The van der Waals surface area contributed by atoms with Gasteiger partial charge < -0.3 is 37.0 Å². The van der Waals surface area contributed by atoms with Gasteiger partial charge in [-0.15, -0.1) is 0 Å². The Kier molecular flexibility index (Phi) is 15.1. The van der Waals surface area contributed by atoms with E-state index in [0.29, 0.717) is 12.8 Å². The van der Waals surface area contributed by atoms with E-state index in [1.165, 1.54) is 11.8 Å². The number of carbonyl (C=O) groups is 6. The molecule has 0 spiro atoms. The number of nitrogens with one attached hydrogen (secondary N) is 4. The number of amides is 5. The third-order valence-corrected chi connectivity index (χ3v) is 9.93. The molecule has 0 radical (unpaired) electrons. The summed E-state index contributed by atoms with van der Waals surface area (Å²) in [6.45, 7) is 1.74. The molecule has 1 saturated heterocycles. The largest absolute Gasteiger partial charge is 0.480 e. The first-order valence-electron chi connectivity index (χ1n) is 19.1. The first-order chi connectivity index (χ1) is 27.5. The third-order valence-electron chi connectivity index (χ3n) is 9.93. The highest BCUT2D eigenvalue weighted by atomic mass is 16.4. The van der Waals surface area contributed by atoms with Crippen LogP contribution in [-0.2, 0) is 54.5 Å². The van der Waals surface area contributed by atoms with Crippen LogP contribution in [-0.4, -0.2) is 88.3 Å². The molecule has 5 rings (SSSR count). The summed E-state index contributed by atoms with van der Waals surface area (Å²) in [7, 11) is 0. The van der Waals surface area contributed by atoms with Crippen molar-refractivity contribution < 1.29 is 33.9 Å². The molecule has 6 atom stereocenters. The number of carboxylic acid groups (broad SMARTS) is 1. The van der Waals surface area contributed by atoms with Crippen LogP contribution in [0.5, 0.6) is 0 Å². The minimum atomic E-state index is -1.20. The first-order valence-corrected chi connectivity index (χ1v) is 19.1. The summed E-state index contributed by atoms with van der Waals surface area (Å²) in [6, 6.07) is 30.0. The zero-order chi connectivity index (χ0) is 40.7. The summed E-state index contributed by atoms with van der Waals surface area (Å²) in [6.07, 6.45) is 1.36. The Morgan fingerprint density at radius 3 is 1.46 bits per heavy atom. The number of rotatable bonds is 18. The number of hydrogen-bond acceptors (Lipinski definition) is 7. The molecule has 4 aromatic carbocycles. The second-order valence-electron chi connectivity index (χ2n) is 14.3. The molecule has 5 amide bonds. The van der Waals surface area contributed by atoms with Gasteiger partial charge in [0, 0.05) is 25.8 Å². The maximum atomic E-state index is 14.1. The minimum absolute atomic E-state index is 0.0694. The standard InChI is InChI=1S/C44H50N6O7/c1-29(43(55)50-24-14-23-38(50)42(54)49-37(44(56)57)28-33-21-12-5-13-22-33)46-40(52)35(26-31-17-8-3-9-18-31)48-41(53)36(27-32-19-10-4-11-20-32)47-39(51)34(45)25-30-15-6-2-7-16-30/h2-13,15-22,29,34-38H,14,23-28,45H2,1H3,(H,46,52)(H,47,51)(H,48,53)(H,49,54)(H,56,57)/t29-,34-,35-,36-,37-,38-/m0/s1. The van der Waals surface area contributed by atoms with Crippen LogP contribution in [0.3, 0.4) is 0 Å². The van der Waals surface area contributed by atoms with E-state index >= 15 is 0 Å². The van der Waals surface area contributed by atoms with Crippen LogP contribution in [0.2, 0.25) is 0 Å². The number of likely N-dealkylation sites (tertiary alicyclic amines) is 1. The lowest BCUT2D eigenvalue weighted by Gasteiger charge is -2.29. The van der Waals surface area contributed by atoms with Crippen LogP contribution in [0.4, 0.5) is 0 Å². The SMILES string of the molecule is C[C@H](NC(=O)[C@H](Cc1ccccc1)NC(=O)[C@H](Cc1ccccc1)NC(=O)[C@@H](N)Cc1ccccc1)C(=O)N1CCC[C@H]1C(=O)N[C@@H](Cc1ccccc1)C(=O)O. The number of carbonyl (C=O) groups excluding carboxylic acids is 5. The molecule has 298 valence electrons. The Balaban J connectivity index is 1.28. The van der Waals surface area contributed by atoms with Crippen molar-refractivity contribution in [3.8, 4) is 0 Å². The van der Waals surface area contributed by atoms with Crippen molar-refractivity contribution in [1.29, 1.82) is 0 Å². The highest BCUT2D eigenvalue weighted by Crippen LogP contribution is 2.20. The summed E-state index contributed by atoms with van der Waals surface area (Å²) in [5.41, 5.74) is 9.39. The molecule has 0 aliphatic carbocycles. The third kappa shape index (κ3) is 12.3. The maximum Gasteiger partial charge on any atom is 0.326 e. The van der Waals surface area contributed by atoms with E-state index in [2.05, 4.69) is 21.3 Å². The lowest BCUT2D eigenvalue weighted by molar-refractivity contribution is -0.144. The van der Waals surface area contributed by atoms with Crippen LogP contribution < -0.4 is 27.0 Å². The van der Waals surface area contributed by atoms with Gasteiger partial charge in [-0.2, -0.15) is 0 Å². The molecule has 57 heavy (non-hydrogen) atoms. The van der Waals surface area contributed by atoms with Crippen LogP contribution in [0, 0.1) is 0 Å². The van der Waals surface area contributed by atoms with E-state index in [-0.39, 0.29) is 32.2 Å². The predicted molar refractivity (Wildman–Crippen MR) is 214 cm³/mol. The monoisotopic (exact) mass is 774 g/mol. The highest BCUT2D eigenvalue weighted by molar-refractivity contribution is 5.96. The second kappa shape index (κ2) is 20.5. The number of nitrogens with zero attached hydrogens (tertiary/aromatic N) is 1. The molecule has 1 aliphatic rings. The number of carboxylic acids is 1. The Bertz CT molecular complexity index is 1970. The lowest BCUT2D eigenvalue weighted by Crippen LogP contribution is -2.59. The van der Waals surface area contributed by atoms with Crippen molar-refractivity contribution in [2.24, 2.45) is 5.73 Å². The van der Waals surface area contributed by atoms with Gasteiger partial charge in [-0.1, -0.05) is 121 Å². The molecular weight excluding hydrogens is 725 g/mol. The molecule has 4 aromatic rings. The van der Waals surface area contributed by atoms with Gasteiger partial charge in [-0.3, -0.25) is 24.0 Å². The molecule has 13 heteroatoms. The van der Waals surface area contributed by atoms with E-state index in [9.17, 15) is 33.9 Å². The summed E-state index contributed by atoms with van der Waals surface area (Å²) >= 11 is 0. The lowest BCUT2D eigenvalue weighted by atomic mass is 10.0. The molecule has 1 aliphatic heterocycles. The quantitative estimate of drug-likeness (QED) is 0.0885. The predicted octanol–water partition coefficient (Wildman–Crippen LogP) is 2.32. The molecular formula is C44H50N6O7. The number of aliphatic carboxylic acids is 1.